The second-order valence-electron chi connectivity index (χ2n) is 11.1. The molecule has 0 aliphatic rings. The van der Waals surface area contributed by atoms with Crippen LogP contribution < -0.4 is 18.9 Å². The summed E-state index contributed by atoms with van der Waals surface area (Å²) in [4.78, 5) is 47.0. The molecular weight excluding hydrogens is 704 g/mol. The summed E-state index contributed by atoms with van der Waals surface area (Å²) in [7, 11) is -3.91. The Kier molecular flexibility index (Phi) is 14.9. The topological polar surface area (TPSA) is 158 Å². The van der Waals surface area contributed by atoms with Crippen LogP contribution in [0, 0.1) is 0 Å². The van der Waals surface area contributed by atoms with E-state index in [1.165, 1.54) is 48.5 Å². The van der Waals surface area contributed by atoms with Gasteiger partial charge in [-0.1, -0.05) is 37.4 Å². The highest BCUT2D eigenvalue weighted by Gasteiger charge is 2.19. The fraction of sp³-hybridized carbons (Fsp3) is 0.200. The van der Waals surface area contributed by atoms with E-state index in [4.69, 9.17) is 28.4 Å². The quantitative estimate of drug-likeness (QED) is 0.0464. The molecule has 0 saturated heterocycles. The molecule has 0 aliphatic carbocycles. The second kappa shape index (κ2) is 20.0. The molecule has 0 heterocycles. The van der Waals surface area contributed by atoms with Gasteiger partial charge in [-0.15, -0.1) is 0 Å². The number of aryl methyl sites for hydroxylation is 2. The minimum absolute atomic E-state index is 0.00392. The van der Waals surface area contributed by atoms with Crippen LogP contribution >= 0.6 is 0 Å². The number of rotatable bonds is 20. The number of esters is 4. The molecular formula is C40H38O12S. The predicted octanol–water partition coefficient (Wildman–Crippen LogP) is 5.81. The molecule has 0 aromatic heterocycles. The van der Waals surface area contributed by atoms with E-state index in [0.717, 1.165) is 23.3 Å². The third-order valence-electron chi connectivity index (χ3n) is 7.34. The smallest absolute Gasteiger partial charge is 0.330 e. The zero-order valence-electron chi connectivity index (χ0n) is 28.8. The lowest BCUT2D eigenvalue weighted by Crippen LogP contribution is -2.10. The third-order valence-corrected chi connectivity index (χ3v) is 9.13. The maximum Gasteiger partial charge on any atom is 0.330 e. The first kappa shape index (κ1) is 39.6. The maximum atomic E-state index is 13.2. The van der Waals surface area contributed by atoms with Crippen LogP contribution in [0.5, 0.6) is 23.0 Å². The van der Waals surface area contributed by atoms with Crippen LogP contribution in [0.3, 0.4) is 0 Å². The van der Waals surface area contributed by atoms with E-state index in [-0.39, 0.29) is 60.6 Å². The molecule has 12 nitrogen and oxygen atoms in total. The predicted molar refractivity (Wildman–Crippen MR) is 192 cm³/mol. The van der Waals surface area contributed by atoms with Crippen molar-refractivity contribution in [1.29, 1.82) is 0 Å². The molecule has 4 rings (SSSR count). The van der Waals surface area contributed by atoms with E-state index in [1.54, 1.807) is 24.3 Å². The summed E-state index contributed by atoms with van der Waals surface area (Å²) in [5.74, 6) is -0.445. The molecule has 4 aromatic carbocycles. The van der Waals surface area contributed by atoms with Gasteiger partial charge in [0.05, 0.1) is 9.79 Å². The number of carbonyl (C=O) groups is 4. The fourth-order valence-corrected chi connectivity index (χ4v) is 5.85. The summed E-state index contributed by atoms with van der Waals surface area (Å²) in [6.07, 6.45) is 3.17. The number of hydrogen-bond acceptors (Lipinski definition) is 12. The van der Waals surface area contributed by atoms with E-state index < -0.39 is 33.7 Å². The zero-order valence-corrected chi connectivity index (χ0v) is 29.6. The SMILES string of the molecule is C=CC(=O)OCCOc1ccc(CCC(=O)Oc2ccc(S(=O)(=O)c3ccc(OC(=O)CCc4ccc(OCCOC(=O)C=C)cc4)cc3)cc2)cc1. The van der Waals surface area contributed by atoms with Gasteiger partial charge < -0.3 is 28.4 Å². The minimum Gasteiger partial charge on any atom is -0.490 e. The number of ether oxygens (including phenoxy) is 6. The van der Waals surface area contributed by atoms with Crippen molar-refractivity contribution in [3.63, 3.8) is 0 Å². The van der Waals surface area contributed by atoms with Gasteiger partial charge >= 0.3 is 23.9 Å². The van der Waals surface area contributed by atoms with Gasteiger partial charge in [-0.2, -0.15) is 0 Å². The summed E-state index contributed by atoms with van der Waals surface area (Å²) in [5.41, 5.74) is 1.76. The molecule has 0 atom stereocenters. The van der Waals surface area contributed by atoms with Crippen LogP contribution in [0.4, 0.5) is 0 Å². The van der Waals surface area contributed by atoms with Crippen LogP contribution in [-0.4, -0.2) is 58.7 Å². The summed E-state index contributed by atoms with van der Waals surface area (Å²) in [6, 6.07) is 25.2. The monoisotopic (exact) mass is 742 g/mol. The molecule has 13 heteroatoms. The Morgan fingerprint density at radius 3 is 1.17 bits per heavy atom. The number of benzene rings is 4. The first-order valence-electron chi connectivity index (χ1n) is 16.4. The van der Waals surface area contributed by atoms with Crippen LogP contribution in [0.15, 0.2) is 132 Å². The van der Waals surface area contributed by atoms with E-state index in [1.807, 2.05) is 24.3 Å². The lowest BCUT2D eigenvalue weighted by molar-refractivity contribution is -0.139. The Balaban J connectivity index is 1.18. The molecule has 0 bridgehead atoms. The number of sulfone groups is 1. The number of hydrogen-bond donors (Lipinski definition) is 0. The molecule has 0 saturated carbocycles. The second-order valence-corrected chi connectivity index (χ2v) is 13.1. The normalized spacial score (nSPS) is 10.7. The minimum atomic E-state index is -3.91. The largest absolute Gasteiger partial charge is 0.490 e. The molecule has 0 radical (unpaired) electrons. The zero-order chi connectivity index (χ0) is 38.1. The van der Waals surface area contributed by atoms with Gasteiger partial charge in [0, 0.05) is 25.0 Å². The first-order valence-corrected chi connectivity index (χ1v) is 17.9. The van der Waals surface area contributed by atoms with Gasteiger partial charge in [-0.3, -0.25) is 9.59 Å². The lowest BCUT2D eigenvalue weighted by atomic mass is 10.1. The average Bonchev–Trinajstić information content (AvgIpc) is 3.17. The molecule has 4 aromatic rings. The summed E-state index contributed by atoms with van der Waals surface area (Å²) in [5, 5.41) is 0. The summed E-state index contributed by atoms with van der Waals surface area (Å²) >= 11 is 0. The van der Waals surface area contributed by atoms with Crippen molar-refractivity contribution >= 4 is 33.7 Å². The van der Waals surface area contributed by atoms with Crippen molar-refractivity contribution in [3.8, 4) is 23.0 Å². The van der Waals surface area contributed by atoms with E-state index >= 15 is 0 Å². The van der Waals surface area contributed by atoms with E-state index in [0.29, 0.717) is 24.3 Å². The van der Waals surface area contributed by atoms with E-state index in [2.05, 4.69) is 13.2 Å². The van der Waals surface area contributed by atoms with Crippen molar-refractivity contribution in [2.24, 2.45) is 0 Å². The van der Waals surface area contributed by atoms with Crippen molar-refractivity contribution in [2.45, 2.75) is 35.5 Å². The van der Waals surface area contributed by atoms with Crippen molar-refractivity contribution in [3.05, 3.63) is 133 Å². The van der Waals surface area contributed by atoms with Crippen molar-refractivity contribution < 1.29 is 56.0 Å². The van der Waals surface area contributed by atoms with Gasteiger partial charge in [0.2, 0.25) is 9.84 Å². The Morgan fingerprint density at radius 2 is 0.830 bits per heavy atom. The highest BCUT2D eigenvalue weighted by Crippen LogP contribution is 2.26. The lowest BCUT2D eigenvalue weighted by Gasteiger charge is -2.09. The molecule has 0 aliphatic heterocycles. The molecule has 0 fully saturated rings. The Hall–Kier alpha value is -6.21. The highest BCUT2D eigenvalue weighted by atomic mass is 32.2. The van der Waals surface area contributed by atoms with Gasteiger partial charge in [0.1, 0.15) is 49.4 Å². The maximum absolute atomic E-state index is 13.2. The van der Waals surface area contributed by atoms with Crippen LogP contribution in [-0.2, 0) is 51.3 Å². The van der Waals surface area contributed by atoms with Crippen LogP contribution in [0.25, 0.3) is 0 Å². The van der Waals surface area contributed by atoms with Gasteiger partial charge in [0.25, 0.3) is 0 Å². The standard InChI is InChI=1S/C40H38O12S/c1-3-37(41)49-27-25-47-31-11-5-29(6-12-31)9-23-39(43)51-33-15-19-35(20-16-33)53(45,46)36-21-17-34(18-22-36)52-40(44)24-10-30-7-13-32(14-8-30)48-26-28-50-38(42)4-2/h3-8,11-22H,1-2,9-10,23-28H2. The Bertz CT molecular complexity index is 1830. The molecule has 0 N–H and O–H groups in total. The molecule has 0 unspecified atom stereocenters. The van der Waals surface area contributed by atoms with Gasteiger partial charge in [-0.05, 0) is 96.8 Å². The number of carbonyl (C=O) groups excluding carboxylic acids is 4. The average molecular weight is 743 g/mol. The molecule has 53 heavy (non-hydrogen) atoms. The fourth-order valence-electron chi connectivity index (χ4n) is 4.59. The van der Waals surface area contributed by atoms with Crippen molar-refractivity contribution in [2.75, 3.05) is 26.4 Å². The Morgan fingerprint density at radius 1 is 0.491 bits per heavy atom. The summed E-state index contributed by atoms with van der Waals surface area (Å²) in [6.45, 7) is 7.21. The van der Waals surface area contributed by atoms with Crippen LogP contribution in [0.2, 0.25) is 0 Å². The molecule has 0 spiro atoms. The van der Waals surface area contributed by atoms with E-state index in [9.17, 15) is 27.6 Å². The van der Waals surface area contributed by atoms with Gasteiger partial charge in [0.15, 0.2) is 0 Å². The van der Waals surface area contributed by atoms with Crippen LogP contribution in [0.1, 0.15) is 24.0 Å². The third kappa shape index (κ3) is 13.1. The summed E-state index contributed by atoms with van der Waals surface area (Å²) < 4.78 is 57.9. The highest BCUT2D eigenvalue weighted by molar-refractivity contribution is 7.91. The molecule has 276 valence electrons. The first-order chi connectivity index (χ1) is 25.5. The van der Waals surface area contributed by atoms with Crippen molar-refractivity contribution in [1.82, 2.24) is 0 Å². The van der Waals surface area contributed by atoms with Gasteiger partial charge in [-0.25, -0.2) is 18.0 Å². The molecule has 0 amide bonds. The Labute approximate surface area is 307 Å².